The van der Waals surface area contributed by atoms with Crippen LogP contribution in [0.3, 0.4) is 0 Å². The van der Waals surface area contributed by atoms with E-state index in [0.29, 0.717) is 42.0 Å². The highest BCUT2D eigenvalue weighted by Crippen LogP contribution is 2.41. The minimum Gasteiger partial charge on any atom is -0.488 e. The molecule has 0 bridgehead atoms. The Labute approximate surface area is 317 Å². The van der Waals surface area contributed by atoms with Gasteiger partial charge in [-0.3, -0.25) is 4.57 Å². The Morgan fingerprint density at radius 1 is 0.618 bits per heavy atom. The lowest BCUT2D eigenvalue weighted by molar-refractivity contribution is 0.292. The van der Waals surface area contributed by atoms with Crippen molar-refractivity contribution in [2.45, 2.75) is 20.1 Å². The highest BCUT2D eigenvalue weighted by atomic mass is 19.1. The van der Waals surface area contributed by atoms with Crippen molar-refractivity contribution in [1.82, 2.24) is 19.3 Å². The van der Waals surface area contributed by atoms with Crippen LogP contribution in [0.15, 0.2) is 170 Å². The van der Waals surface area contributed by atoms with Gasteiger partial charge in [0.2, 0.25) is 0 Å². The first-order valence-electron chi connectivity index (χ1n) is 18.0. The number of halogens is 1. The Balaban J connectivity index is 1.04. The Kier molecular flexibility index (Phi) is 8.98. The molecule has 55 heavy (non-hydrogen) atoms. The molecule has 0 saturated carbocycles. The molecule has 6 aromatic carbocycles. The lowest BCUT2D eigenvalue weighted by atomic mass is 10.0. The fourth-order valence-electron chi connectivity index (χ4n) is 6.90. The van der Waals surface area contributed by atoms with Crippen LogP contribution < -0.4 is 14.2 Å². The van der Waals surface area contributed by atoms with E-state index in [2.05, 4.69) is 35.3 Å². The van der Waals surface area contributed by atoms with Crippen LogP contribution in [-0.2, 0) is 13.2 Å². The molecule has 0 unspecified atom stereocenters. The molecule has 0 aliphatic heterocycles. The van der Waals surface area contributed by atoms with E-state index in [0.717, 1.165) is 55.3 Å². The summed E-state index contributed by atoms with van der Waals surface area (Å²) < 4.78 is 37.6. The van der Waals surface area contributed by atoms with Gasteiger partial charge in [-0.05, 0) is 72.1 Å². The first-order chi connectivity index (χ1) is 27.1. The van der Waals surface area contributed by atoms with E-state index in [1.54, 1.807) is 0 Å². The van der Waals surface area contributed by atoms with Crippen LogP contribution in [0, 0.1) is 12.7 Å². The van der Waals surface area contributed by atoms with E-state index >= 15 is 0 Å². The second-order valence-electron chi connectivity index (χ2n) is 13.3. The highest BCUT2D eigenvalue weighted by Gasteiger charge is 2.19. The van der Waals surface area contributed by atoms with E-state index in [9.17, 15) is 4.39 Å². The third-order valence-electron chi connectivity index (χ3n) is 9.46. The maximum atomic E-state index is 14.4. The van der Waals surface area contributed by atoms with Gasteiger partial charge in [-0.1, -0.05) is 84.9 Å². The van der Waals surface area contributed by atoms with Crippen LogP contribution in [0.1, 0.15) is 16.7 Å². The predicted molar refractivity (Wildman–Crippen MR) is 214 cm³/mol. The van der Waals surface area contributed by atoms with E-state index in [4.69, 9.17) is 19.3 Å². The van der Waals surface area contributed by atoms with Crippen molar-refractivity contribution in [2.75, 3.05) is 0 Å². The van der Waals surface area contributed by atoms with Crippen LogP contribution in [0.5, 0.6) is 23.0 Å². The number of benzene rings is 6. The Morgan fingerprint density at radius 3 is 2.02 bits per heavy atom. The normalized spacial score (nSPS) is 11.2. The number of aryl methyl sites for hydroxylation is 1. The summed E-state index contributed by atoms with van der Waals surface area (Å²) in [5.74, 6) is 2.84. The quantitative estimate of drug-likeness (QED) is 0.133. The molecule has 0 N–H and O–H groups in total. The summed E-state index contributed by atoms with van der Waals surface area (Å²) in [7, 11) is 0. The van der Waals surface area contributed by atoms with Crippen LogP contribution >= 0.6 is 0 Å². The number of ether oxygens (including phenoxy) is 3. The van der Waals surface area contributed by atoms with Gasteiger partial charge in [0.15, 0.2) is 0 Å². The highest BCUT2D eigenvalue weighted by molar-refractivity contribution is 6.09. The minimum atomic E-state index is -0.351. The summed E-state index contributed by atoms with van der Waals surface area (Å²) in [6, 6.07) is 48.8. The minimum absolute atomic E-state index is 0.351. The monoisotopic (exact) mass is 722 g/mol. The number of aromatic nitrogens is 4. The zero-order valence-corrected chi connectivity index (χ0v) is 30.0. The Hall–Kier alpha value is -7.19. The van der Waals surface area contributed by atoms with Crippen LogP contribution in [-0.4, -0.2) is 19.3 Å². The first kappa shape index (κ1) is 33.6. The molecule has 7 nitrogen and oxygen atoms in total. The van der Waals surface area contributed by atoms with Gasteiger partial charge in [-0.25, -0.2) is 14.1 Å². The average Bonchev–Trinajstić information content (AvgIpc) is 3.83. The number of fused-ring (bicyclic) bond motifs is 3. The molecule has 0 aliphatic rings. The van der Waals surface area contributed by atoms with Gasteiger partial charge in [-0.15, -0.1) is 0 Å². The van der Waals surface area contributed by atoms with Crippen molar-refractivity contribution in [3.05, 3.63) is 193 Å². The standard InChI is InChI=1S/C47H35FN4O3/c1-32-23-44(53-30-33-11-4-2-5-12-33)47(45(24-32)54-31-34-13-6-3-7-14-34)35-28-50-51(29-35)37-15-10-16-38(26-37)55-39-19-20-41-40-17-8-9-18-42(40)52(43(41)27-39)46-25-36(48)21-22-49-46/h2-29H,30-31H2,1H3. The average molecular weight is 723 g/mol. The molecule has 0 amide bonds. The smallest absolute Gasteiger partial charge is 0.140 e. The molecule has 0 atom stereocenters. The van der Waals surface area contributed by atoms with Crippen molar-refractivity contribution in [2.24, 2.45) is 0 Å². The molecule has 0 fully saturated rings. The second-order valence-corrected chi connectivity index (χ2v) is 13.3. The van der Waals surface area contributed by atoms with E-state index in [1.165, 1.54) is 18.3 Å². The third-order valence-corrected chi connectivity index (χ3v) is 9.46. The van der Waals surface area contributed by atoms with Crippen molar-refractivity contribution in [1.29, 1.82) is 0 Å². The van der Waals surface area contributed by atoms with Gasteiger partial charge >= 0.3 is 0 Å². The van der Waals surface area contributed by atoms with Gasteiger partial charge in [0.25, 0.3) is 0 Å². The topological polar surface area (TPSA) is 63.3 Å². The number of hydrogen-bond donors (Lipinski definition) is 0. The van der Waals surface area contributed by atoms with Gasteiger partial charge in [0.1, 0.15) is 47.8 Å². The van der Waals surface area contributed by atoms with Crippen LogP contribution in [0.2, 0.25) is 0 Å². The van der Waals surface area contributed by atoms with Crippen molar-refractivity contribution < 1.29 is 18.6 Å². The molecule has 0 aliphatic carbocycles. The molecule has 0 radical (unpaired) electrons. The summed E-state index contributed by atoms with van der Waals surface area (Å²) in [5.41, 5.74) is 7.44. The van der Waals surface area contributed by atoms with E-state index in [-0.39, 0.29) is 5.82 Å². The molecule has 268 valence electrons. The van der Waals surface area contributed by atoms with E-state index in [1.807, 2.05) is 138 Å². The summed E-state index contributed by atoms with van der Waals surface area (Å²) in [6.07, 6.45) is 5.29. The SMILES string of the molecule is Cc1cc(OCc2ccccc2)c(-c2cnn(-c3cccc(Oc4ccc5c6ccccc6n(-c6cc(F)ccn6)c5c4)c3)c2)c(OCc2ccccc2)c1. The summed E-state index contributed by atoms with van der Waals surface area (Å²) in [4.78, 5) is 4.48. The van der Waals surface area contributed by atoms with Gasteiger partial charge in [-0.2, -0.15) is 5.10 Å². The fourth-order valence-corrected chi connectivity index (χ4v) is 6.90. The fraction of sp³-hybridized carbons (Fsp3) is 0.0638. The molecular formula is C47H35FN4O3. The lowest BCUT2D eigenvalue weighted by Gasteiger charge is -2.17. The summed E-state index contributed by atoms with van der Waals surface area (Å²) in [5, 5.41) is 6.84. The molecular weight excluding hydrogens is 688 g/mol. The van der Waals surface area contributed by atoms with Crippen molar-refractivity contribution in [3.8, 4) is 45.6 Å². The lowest BCUT2D eigenvalue weighted by Crippen LogP contribution is -2.01. The zero-order chi connectivity index (χ0) is 37.1. The Morgan fingerprint density at radius 2 is 1.29 bits per heavy atom. The van der Waals surface area contributed by atoms with Gasteiger partial charge < -0.3 is 14.2 Å². The van der Waals surface area contributed by atoms with E-state index < -0.39 is 0 Å². The number of pyridine rings is 1. The predicted octanol–water partition coefficient (Wildman–Crippen LogP) is 11.4. The molecule has 3 aromatic heterocycles. The Bertz CT molecular complexity index is 2710. The third kappa shape index (κ3) is 7.01. The number of nitrogens with zero attached hydrogens (tertiary/aromatic N) is 4. The van der Waals surface area contributed by atoms with Gasteiger partial charge in [0.05, 0.1) is 28.5 Å². The first-order valence-corrected chi connectivity index (χ1v) is 18.0. The number of para-hydroxylation sites is 1. The zero-order valence-electron chi connectivity index (χ0n) is 30.0. The van der Waals surface area contributed by atoms with Crippen molar-refractivity contribution >= 4 is 21.8 Å². The van der Waals surface area contributed by atoms with Gasteiger partial charge in [0, 0.05) is 46.9 Å². The second kappa shape index (κ2) is 14.7. The molecule has 8 heteroatoms. The summed E-state index contributed by atoms with van der Waals surface area (Å²) in [6.45, 7) is 2.86. The molecule has 0 spiro atoms. The largest absolute Gasteiger partial charge is 0.488 e. The number of hydrogen-bond acceptors (Lipinski definition) is 5. The van der Waals surface area contributed by atoms with Crippen molar-refractivity contribution in [3.63, 3.8) is 0 Å². The molecule has 9 aromatic rings. The van der Waals surface area contributed by atoms with Crippen LogP contribution in [0.4, 0.5) is 4.39 Å². The maximum Gasteiger partial charge on any atom is 0.140 e. The summed E-state index contributed by atoms with van der Waals surface area (Å²) >= 11 is 0. The molecule has 3 heterocycles. The number of rotatable bonds is 11. The molecule has 9 rings (SSSR count). The maximum absolute atomic E-state index is 14.4. The molecule has 0 saturated heterocycles. The van der Waals surface area contributed by atoms with Crippen LogP contribution in [0.25, 0.3) is 44.4 Å².